The summed E-state index contributed by atoms with van der Waals surface area (Å²) in [5.41, 5.74) is -1.95. The van der Waals surface area contributed by atoms with Gasteiger partial charge in [-0.25, -0.2) is 13.2 Å². The van der Waals surface area contributed by atoms with Crippen molar-refractivity contribution in [1.82, 2.24) is 9.71 Å². The molecule has 38 heavy (non-hydrogen) atoms. The lowest BCUT2D eigenvalue weighted by molar-refractivity contribution is -0.253. The molecule has 206 valence electrons. The summed E-state index contributed by atoms with van der Waals surface area (Å²) in [5, 5.41) is 0.187. The second-order valence-corrected chi connectivity index (χ2v) is 11.7. The summed E-state index contributed by atoms with van der Waals surface area (Å²) in [4.78, 5) is 4.23. The summed E-state index contributed by atoms with van der Waals surface area (Å²) in [7, 11) is 0. The first-order valence-corrected chi connectivity index (χ1v) is 12.5. The molecule has 1 heterocycles. The molecule has 0 aliphatic heterocycles. The Kier molecular flexibility index (Phi) is 8.91. The number of rotatable bonds is 9. The minimum Gasteiger partial charge on any atom is -0.598 e. The third-order valence-corrected chi connectivity index (χ3v) is 7.18. The molecule has 2 atom stereocenters. The van der Waals surface area contributed by atoms with E-state index in [0.29, 0.717) is 6.07 Å². The summed E-state index contributed by atoms with van der Waals surface area (Å²) in [6.07, 6.45) is -8.33. The number of aromatic nitrogens is 1. The lowest BCUT2D eigenvalue weighted by Gasteiger charge is -2.38. The predicted molar refractivity (Wildman–Crippen MR) is 129 cm³/mol. The zero-order valence-electron chi connectivity index (χ0n) is 20.2. The molecule has 0 aliphatic carbocycles. The minimum atomic E-state index is -4.95. The molecular weight excluding hydrogens is 561 g/mol. The van der Waals surface area contributed by atoms with Crippen LogP contribution in [-0.2, 0) is 23.3 Å². The number of halogens is 8. The number of benzene rings is 2. The molecule has 2 aromatic carbocycles. The van der Waals surface area contributed by atoms with E-state index in [1.54, 1.807) is 20.8 Å². The maximum Gasteiger partial charge on any atom is 0.461 e. The van der Waals surface area contributed by atoms with Crippen LogP contribution >= 0.6 is 11.6 Å². The molecule has 4 nitrogen and oxygen atoms in total. The number of hydrogen-bond donors (Lipinski definition) is 1. The number of alkyl halides is 4. The first-order valence-electron chi connectivity index (χ1n) is 11.0. The van der Waals surface area contributed by atoms with Crippen LogP contribution in [0.4, 0.5) is 30.7 Å². The monoisotopic (exact) mass is 582 g/mol. The Bertz CT molecular complexity index is 1280. The van der Waals surface area contributed by atoms with Gasteiger partial charge in [0.2, 0.25) is 0 Å². The first-order chi connectivity index (χ1) is 17.5. The molecule has 0 spiro atoms. The molecule has 0 aliphatic rings. The largest absolute Gasteiger partial charge is 0.598 e. The maximum absolute atomic E-state index is 14.8. The Morgan fingerprint density at radius 2 is 1.68 bits per heavy atom. The van der Waals surface area contributed by atoms with Crippen molar-refractivity contribution in [3.63, 3.8) is 0 Å². The third kappa shape index (κ3) is 6.90. The van der Waals surface area contributed by atoms with Crippen molar-refractivity contribution >= 4 is 23.0 Å². The van der Waals surface area contributed by atoms with Crippen molar-refractivity contribution in [3.05, 3.63) is 94.0 Å². The van der Waals surface area contributed by atoms with Crippen LogP contribution in [0, 0.1) is 17.5 Å². The van der Waals surface area contributed by atoms with Gasteiger partial charge in [0.1, 0.15) is 21.9 Å². The molecule has 0 saturated heterocycles. The Morgan fingerprint density at radius 1 is 1.00 bits per heavy atom. The van der Waals surface area contributed by atoms with E-state index in [4.69, 9.17) is 11.6 Å². The quantitative estimate of drug-likeness (QED) is 0.220. The van der Waals surface area contributed by atoms with Crippen LogP contribution < -0.4 is 9.46 Å². The van der Waals surface area contributed by atoms with Crippen LogP contribution in [0.1, 0.15) is 37.6 Å². The molecule has 0 saturated carbocycles. The van der Waals surface area contributed by atoms with E-state index in [1.165, 1.54) is 24.4 Å². The van der Waals surface area contributed by atoms with Gasteiger partial charge in [-0.1, -0.05) is 17.7 Å². The molecule has 0 amide bonds. The van der Waals surface area contributed by atoms with Gasteiger partial charge in [-0.3, -0.25) is 4.98 Å². The van der Waals surface area contributed by atoms with Crippen molar-refractivity contribution in [3.8, 4) is 5.75 Å². The average Bonchev–Trinajstić information content (AvgIpc) is 2.80. The fourth-order valence-corrected chi connectivity index (χ4v) is 4.48. The molecule has 13 heteroatoms. The Morgan fingerprint density at radius 3 is 2.24 bits per heavy atom. The van der Waals surface area contributed by atoms with Gasteiger partial charge in [0.05, 0.1) is 10.7 Å². The molecule has 0 bridgehead atoms. The fraction of sp³-hybridized carbons (Fsp3) is 0.320. The van der Waals surface area contributed by atoms with Crippen LogP contribution in [0.3, 0.4) is 0 Å². The van der Waals surface area contributed by atoms with E-state index < -0.39 is 57.4 Å². The fourth-order valence-electron chi connectivity index (χ4n) is 3.45. The smallest absolute Gasteiger partial charge is 0.461 e. The van der Waals surface area contributed by atoms with E-state index in [2.05, 4.69) is 14.4 Å². The summed E-state index contributed by atoms with van der Waals surface area (Å²) >= 11 is 4.01. The molecular formula is C25H22ClF7N2O2S. The maximum atomic E-state index is 14.8. The lowest BCUT2D eigenvalue weighted by Crippen LogP contribution is -2.53. The Labute approximate surface area is 222 Å². The van der Waals surface area contributed by atoms with Gasteiger partial charge in [0.15, 0.2) is 11.6 Å². The normalized spacial score (nSPS) is 14.9. The zero-order valence-corrected chi connectivity index (χ0v) is 21.7. The topological polar surface area (TPSA) is 57.2 Å². The Balaban J connectivity index is 2.31. The van der Waals surface area contributed by atoms with E-state index >= 15 is 0 Å². The van der Waals surface area contributed by atoms with Gasteiger partial charge in [0.25, 0.3) is 0 Å². The first kappa shape index (κ1) is 30.0. The minimum absolute atomic E-state index is 0.0291. The van der Waals surface area contributed by atoms with Gasteiger partial charge in [-0.15, -0.1) is 4.72 Å². The van der Waals surface area contributed by atoms with Gasteiger partial charge >= 0.3 is 12.5 Å². The SMILES string of the molecule is CC(C)(C)[S+]([O-])N[C@](Cc1ccc(F)c(F)c1)(c1cc(F)cc(OC(F)(F)C(F)F)c1)c1ccc(Cl)cn1. The van der Waals surface area contributed by atoms with E-state index in [1.807, 2.05) is 0 Å². The predicted octanol–water partition coefficient (Wildman–Crippen LogP) is 6.93. The number of nitrogens with zero attached hydrogens (tertiary/aromatic N) is 1. The summed E-state index contributed by atoms with van der Waals surface area (Å²) in [6.45, 7) is 4.82. The average molecular weight is 583 g/mol. The second-order valence-electron chi connectivity index (χ2n) is 9.32. The lowest BCUT2D eigenvalue weighted by atomic mass is 9.81. The third-order valence-electron chi connectivity index (χ3n) is 5.31. The summed E-state index contributed by atoms with van der Waals surface area (Å²) in [6, 6.07) is 7.86. The highest BCUT2D eigenvalue weighted by molar-refractivity contribution is 7.90. The Hall–Kier alpha value is -2.54. The molecule has 1 unspecified atom stereocenters. The number of nitrogens with one attached hydrogen (secondary N) is 1. The van der Waals surface area contributed by atoms with Crippen LogP contribution in [0.5, 0.6) is 5.75 Å². The molecule has 3 aromatic rings. The second kappa shape index (κ2) is 11.3. The van der Waals surface area contributed by atoms with Crippen LogP contribution in [-0.4, -0.2) is 26.8 Å². The van der Waals surface area contributed by atoms with Gasteiger partial charge < -0.3 is 9.29 Å². The van der Waals surface area contributed by atoms with Crippen molar-refractivity contribution < 1.29 is 40.0 Å². The highest BCUT2D eigenvalue weighted by Gasteiger charge is 2.46. The van der Waals surface area contributed by atoms with Crippen LogP contribution in [0.2, 0.25) is 5.02 Å². The van der Waals surface area contributed by atoms with Crippen molar-refractivity contribution in [2.24, 2.45) is 0 Å². The molecule has 0 radical (unpaired) electrons. The highest BCUT2D eigenvalue weighted by atomic mass is 35.5. The number of hydrogen-bond acceptors (Lipinski definition) is 4. The summed E-state index contributed by atoms with van der Waals surface area (Å²) < 4.78 is 115. The molecule has 3 rings (SSSR count). The standard InChI is InChI=1S/C25H22ClF7N2O2S/c1-23(2,3)38(36)35-24(21-7-5-16(26)13-34-21,12-14-4-6-19(28)20(29)8-14)15-9-17(27)11-18(10-15)37-25(32,33)22(30)31/h4-11,13,22,35H,12H2,1-3H3/t24-,38?/m1/s1. The van der Waals surface area contributed by atoms with E-state index in [-0.39, 0.29) is 28.3 Å². The number of pyridine rings is 1. The van der Waals surface area contributed by atoms with Crippen molar-refractivity contribution in [1.29, 1.82) is 0 Å². The summed E-state index contributed by atoms with van der Waals surface area (Å²) in [5.74, 6) is -4.48. The molecule has 0 fully saturated rings. The van der Waals surface area contributed by atoms with Gasteiger partial charge in [0, 0.05) is 30.0 Å². The zero-order chi connectivity index (χ0) is 28.5. The van der Waals surface area contributed by atoms with Gasteiger partial charge in [-0.05, 0) is 68.3 Å². The van der Waals surface area contributed by atoms with Gasteiger partial charge in [-0.2, -0.15) is 17.6 Å². The molecule has 1 N–H and O–H groups in total. The van der Waals surface area contributed by atoms with Crippen LogP contribution in [0.25, 0.3) is 0 Å². The van der Waals surface area contributed by atoms with Crippen LogP contribution in [0.15, 0.2) is 54.7 Å². The molecule has 1 aromatic heterocycles. The van der Waals surface area contributed by atoms with E-state index in [0.717, 1.165) is 24.3 Å². The van der Waals surface area contributed by atoms with E-state index in [9.17, 15) is 35.3 Å². The van der Waals surface area contributed by atoms with Crippen molar-refractivity contribution in [2.45, 2.75) is 50.0 Å². The highest BCUT2D eigenvalue weighted by Crippen LogP contribution is 2.39. The van der Waals surface area contributed by atoms with Crippen molar-refractivity contribution in [2.75, 3.05) is 0 Å². The number of ether oxygens (including phenoxy) is 1.